The number of nitrogens with zero attached hydrogens (tertiary/aromatic N) is 3. The summed E-state index contributed by atoms with van der Waals surface area (Å²) in [4.78, 5) is 8.93. The fourth-order valence-corrected chi connectivity index (χ4v) is 2.26. The summed E-state index contributed by atoms with van der Waals surface area (Å²) in [5.41, 5.74) is 8.48. The first-order chi connectivity index (χ1) is 9.47. The van der Waals surface area contributed by atoms with Gasteiger partial charge in [0.25, 0.3) is 0 Å². The number of hydrogen-bond acceptors (Lipinski definition) is 6. The van der Waals surface area contributed by atoms with Crippen LogP contribution < -0.4 is 11.1 Å². The highest BCUT2D eigenvalue weighted by Crippen LogP contribution is 2.18. The summed E-state index contributed by atoms with van der Waals surface area (Å²) in [6, 6.07) is 1.96. The van der Waals surface area contributed by atoms with Crippen molar-refractivity contribution in [1.82, 2.24) is 15.1 Å². The first-order valence-electron chi connectivity index (χ1n) is 6.28. The lowest BCUT2D eigenvalue weighted by Crippen LogP contribution is -2.18. The van der Waals surface area contributed by atoms with Crippen LogP contribution in [0.4, 0.5) is 5.82 Å². The molecule has 7 heteroatoms. The Morgan fingerprint density at radius 3 is 2.70 bits per heavy atom. The molecular formula is C13H17N5OS. The molecule has 0 spiro atoms. The Bertz CT molecular complexity index is 638. The van der Waals surface area contributed by atoms with Crippen molar-refractivity contribution >= 4 is 23.0 Å². The third kappa shape index (κ3) is 3.30. The molecular weight excluding hydrogens is 274 g/mol. The van der Waals surface area contributed by atoms with Gasteiger partial charge in [0.2, 0.25) is 5.89 Å². The molecule has 0 saturated carbocycles. The zero-order valence-electron chi connectivity index (χ0n) is 11.7. The Morgan fingerprint density at radius 2 is 2.10 bits per heavy atom. The van der Waals surface area contributed by atoms with Gasteiger partial charge in [-0.3, -0.25) is 0 Å². The quantitative estimate of drug-likeness (QED) is 0.810. The summed E-state index contributed by atoms with van der Waals surface area (Å²) < 4.78 is 5.06. The first kappa shape index (κ1) is 14.4. The third-order valence-electron chi connectivity index (χ3n) is 2.79. The van der Waals surface area contributed by atoms with Crippen LogP contribution in [0, 0.1) is 20.8 Å². The van der Waals surface area contributed by atoms with Crippen LogP contribution in [-0.2, 0) is 6.42 Å². The van der Waals surface area contributed by atoms with Gasteiger partial charge in [0.05, 0.1) is 5.56 Å². The van der Waals surface area contributed by atoms with Crippen molar-refractivity contribution in [2.45, 2.75) is 27.2 Å². The Labute approximate surface area is 122 Å². The van der Waals surface area contributed by atoms with Gasteiger partial charge in [0, 0.05) is 18.7 Å². The number of hydrogen-bond donors (Lipinski definition) is 2. The fraction of sp³-hybridized carbons (Fsp3) is 0.385. The number of aryl methyl sites for hydroxylation is 3. The van der Waals surface area contributed by atoms with Crippen LogP contribution in [0.15, 0.2) is 10.6 Å². The number of pyridine rings is 1. The van der Waals surface area contributed by atoms with Crippen LogP contribution in [0.3, 0.4) is 0 Å². The Hall–Kier alpha value is -2.02. The van der Waals surface area contributed by atoms with Crippen molar-refractivity contribution in [3.8, 4) is 0 Å². The summed E-state index contributed by atoms with van der Waals surface area (Å²) in [5, 5.41) is 6.97. The van der Waals surface area contributed by atoms with Crippen LogP contribution in [0.25, 0.3) is 0 Å². The molecule has 0 aliphatic carbocycles. The highest BCUT2D eigenvalue weighted by Gasteiger charge is 2.11. The van der Waals surface area contributed by atoms with E-state index in [0.717, 1.165) is 16.8 Å². The highest BCUT2D eigenvalue weighted by molar-refractivity contribution is 7.80. The van der Waals surface area contributed by atoms with Gasteiger partial charge < -0.3 is 15.6 Å². The van der Waals surface area contributed by atoms with Gasteiger partial charge in [-0.05, 0) is 32.4 Å². The molecule has 3 N–H and O–H groups in total. The van der Waals surface area contributed by atoms with Crippen molar-refractivity contribution < 1.29 is 4.52 Å². The summed E-state index contributed by atoms with van der Waals surface area (Å²) in [7, 11) is 0. The maximum Gasteiger partial charge on any atom is 0.228 e. The third-order valence-corrected chi connectivity index (χ3v) is 3.00. The molecule has 2 aromatic heterocycles. The van der Waals surface area contributed by atoms with Crippen LogP contribution in [0.2, 0.25) is 0 Å². The molecule has 20 heavy (non-hydrogen) atoms. The van der Waals surface area contributed by atoms with Crippen LogP contribution in [0.1, 0.15) is 28.5 Å². The normalized spacial score (nSPS) is 10.6. The predicted molar refractivity (Wildman–Crippen MR) is 80.8 cm³/mol. The Balaban J connectivity index is 2.10. The fourth-order valence-electron chi connectivity index (χ4n) is 2.01. The SMILES string of the molecule is Cc1cc(C)c(C(N)=S)c(NCCc2nc(C)no2)n1. The monoisotopic (exact) mass is 291 g/mol. The molecule has 0 saturated heterocycles. The molecule has 106 valence electrons. The van der Waals surface area contributed by atoms with Crippen molar-refractivity contribution in [3.63, 3.8) is 0 Å². The van der Waals surface area contributed by atoms with Gasteiger partial charge in [0.15, 0.2) is 5.82 Å². The predicted octanol–water partition coefficient (Wildman–Crippen LogP) is 1.68. The van der Waals surface area contributed by atoms with Gasteiger partial charge in [-0.25, -0.2) is 4.98 Å². The summed E-state index contributed by atoms with van der Waals surface area (Å²) in [6.07, 6.45) is 0.617. The molecule has 0 atom stereocenters. The highest BCUT2D eigenvalue weighted by atomic mass is 32.1. The molecule has 0 aliphatic heterocycles. The number of thiocarbonyl (C=S) groups is 1. The molecule has 6 nitrogen and oxygen atoms in total. The van der Waals surface area contributed by atoms with E-state index in [1.165, 1.54) is 0 Å². The number of nitrogens with one attached hydrogen (secondary N) is 1. The molecule has 0 radical (unpaired) electrons. The van der Waals surface area contributed by atoms with Gasteiger partial charge in [0.1, 0.15) is 10.8 Å². The maximum atomic E-state index is 5.76. The molecule has 2 rings (SSSR count). The largest absolute Gasteiger partial charge is 0.389 e. The second kappa shape index (κ2) is 5.96. The van der Waals surface area contributed by atoms with Crippen molar-refractivity contribution in [2.24, 2.45) is 5.73 Å². The van der Waals surface area contributed by atoms with E-state index in [4.69, 9.17) is 22.5 Å². The molecule has 0 aromatic carbocycles. The summed E-state index contributed by atoms with van der Waals surface area (Å²) >= 11 is 5.08. The minimum atomic E-state index is 0.339. The second-order valence-electron chi connectivity index (χ2n) is 4.58. The number of aromatic nitrogens is 3. The maximum absolute atomic E-state index is 5.76. The molecule has 0 aliphatic rings. The van der Waals surface area contributed by atoms with Gasteiger partial charge in [-0.2, -0.15) is 4.98 Å². The van der Waals surface area contributed by atoms with Crippen LogP contribution >= 0.6 is 12.2 Å². The zero-order chi connectivity index (χ0) is 14.7. The lowest BCUT2D eigenvalue weighted by Gasteiger charge is -2.13. The lowest BCUT2D eigenvalue weighted by molar-refractivity contribution is 0.377. The zero-order valence-corrected chi connectivity index (χ0v) is 12.5. The topological polar surface area (TPSA) is 89.9 Å². The van der Waals surface area contributed by atoms with Gasteiger partial charge >= 0.3 is 0 Å². The van der Waals surface area contributed by atoms with Gasteiger partial charge in [-0.1, -0.05) is 17.4 Å². The molecule has 2 aromatic rings. The Morgan fingerprint density at radius 1 is 1.35 bits per heavy atom. The molecule has 0 amide bonds. The number of anilines is 1. The average Bonchev–Trinajstić information content (AvgIpc) is 2.73. The van der Waals surface area contributed by atoms with E-state index in [-0.39, 0.29) is 0 Å². The molecule has 0 bridgehead atoms. The van der Waals surface area contributed by atoms with Crippen LogP contribution in [-0.4, -0.2) is 26.7 Å². The average molecular weight is 291 g/mol. The Kier molecular flexibility index (Phi) is 4.29. The molecule has 2 heterocycles. The number of rotatable bonds is 5. The first-order valence-corrected chi connectivity index (χ1v) is 6.69. The smallest absolute Gasteiger partial charge is 0.228 e. The van der Waals surface area contributed by atoms with Crippen LogP contribution in [0.5, 0.6) is 0 Å². The van der Waals surface area contributed by atoms with E-state index in [0.29, 0.717) is 35.5 Å². The van der Waals surface area contributed by atoms with Gasteiger partial charge in [-0.15, -0.1) is 0 Å². The number of nitrogens with two attached hydrogens (primary N) is 1. The molecule has 0 unspecified atom stereocenters. The second-order valence-corrected chi connectivity index (χ2v) is 5.02. The van der Waals surface area contributed by atoms with E-state index in [1.807, 2.05) is 19.9 Å². The molecule has 0 fully saturated rings. The van der Waals surface area contributed by atoms with E-state index in [2.05, 4.69) is 20.4 Å². The summed E-state index contributed by atoms with van der Waals surface area (Å²) in [6.45, 7) is 6.31. The summed E-state index contributed by atoms with van der Waals surface area (Å²) in [5.74, 6) is 1.93. The minimum Gasteiger partial charge on any atom is -0.389 e. The van der Waals surface area contributed by atoms with E-state index < -0.39 is 0 Å². The van der Waals surface area contributed by atoms with E-state index >= 15 is 0 Å². The van der Waals surface area contributed by atoms with E-state index in [9.17, 15) is 0 Å². The lowest BCUT2D eigenvalue weighted by atomic mass is 10.1. The van der Waals surface area contributed by atoms with Crippen molar-refractivity contribution in [3.05, 3.63) is 34.6 Å². The van der Waals surface area contributed by atoms with Crippen molar-refractivity contribution in [2.75, 3.05) is 11.9 Å². The van der Waals surface area contributed by atoms with E-state index in [1.54, 1.807) is 6.92 Å². The standard InChI is InChI=1S/C13H17N5OS/c1-7-6-8(2)16-13(11(7)12(14)20)15-5-4-10-17-9(3)18-19-10/h6H,4-5H2,1-3H3,(H2,14,20)(H,15,16). The minimum absolute atomic E-state index is 0.339. The van der Waals surface area contributed by atoms with Crippen molar-refractivity contribution in [1.29, 1.82) is 0 Å².